The van der Waals surface area contributed by atoms with Crippen LogP contribution in [0.2, 0.25) is 0 Å². The lowest BCUT2D eigenvalue weighted by Gasteiger charge is -1.98. The number of nitrogens with zero attached hydrogens (tertiary/aromatic N) is 1. The van der Waals surface area contributed by atoms with Gasteiger partial charge in [-0.1, -0.05) is 12.1 Å². The average Bonchev–Trinajstić information content (AvgIpc) is 2.72. The first-order chi connectivity index (χ1) is 9.52. The number of benzene rings is 1. The number of nitriles is 1. The molecule has 0 bridgehead atoms. The van der Waals surface area contributed by atoms with E-state index in [0.29, 0.717) is 16.6 Å². The second-order valence-electron chi connectivity index (χ2n) is 4.25. The molecule has 1 aromatic heterocycles. The summed E-state index contributed by atoms with van der Waals surface area (Å²) < 4.78 is 0. The maximum Gasteiger partial charge on any atom is 0.251 e. The molecular formula is C14H12N4O2. The number of nitrogens with one attached hydrogen (secondary N) is 1. The van der Waals surface area contributed by atoms with Crippen molar-refractivity contribution in [1.29, 1.82) is 5.26 Å². The van der Waals surface area contributed by atoms with E-state index in [9.17, 15) is 9.59 Å². The fourth-order valence-electron chi connectivity index (χ4n) is 2.10. The third kappa shape index (κ3) is 2.52. The lowest BCUT2D eigenvalue weighted by Crippen LogP contribution is -2.18. The number of nitrogens with two attached hydrogens (primary N) is 2. The van der Waals surface area contributed by atoms with Crippen LogP contribution in [0.15, 0.2) is 24.3 Å². The number of amides is 2. The summed E-state index contributed by atoms with van der Waals surface area (Å²) in [6.07, 6.45) is 2.90. The first kappa shape index (κ1) is 13.4. The van der Waals surface area contributed by atoms with Gasteiger partial charge in [0.25, 0.3) is 5.91 Å². The number of aromatic amines is 1. The van der Waals surface area contributed by atoms with E-state index in [0.717, 1.165) is 5.56 Å². The van der Waals surface area contributed by atoms with Crippen molar-refractivity contribution in [3.63, 3.8) is 0 Å². The maximum atomic E-state index is 11.5. The molecule has 1 aromatic carbocycles. The van der Waals surface area contributed by atoms with Crippen LogP contribution in [0.1, 0.15) is 21.6 Å². The van der Waals surface area contributed by atoms with Crippen LogP contribution in [0.3, 0.4) is 0 Å². The minimum atomic E-state index is -0.618. The first-order valence-corrected chi connectivity index (χ1v) is 5.82. The molecule has 0 aliphatic heterocycles. The van der Waals surface area contributed by atoms with Crippen LogP contribution in [0, 0.1) is 11.3 Å². The van der Waals surface area contributed by atoms with Crippen LogP contribution in [0.25, 0.3) is 17.0 Å². The Hall–Kier alpha value is -3.07. The number of carbonyl (C=O) groups excluding carboxylic acids is 2. The number of aromatic nitrogens is 1. The predicted molar refractivity (Wildman–Crippen MR) is 74.4 cm³/mol. The Morgan fingerprint density at radius 2 is 2.10 bits per heavy atom. The third-order valence-corrected chi connectivity index (χ3v) is 2.85. The molecule has 20 heavy (non-hydrogen) atoms. The van der Waals surface area contributed by atoms with Gasteiger partial charge >= 0.3 is 0 Å². The summed E-state index contributed by atoms with van der Waals surface area (Å²) in [6.45, 7) is 0. The standard InChI is InChI=1S/C14H12N4O2/c15-5-1-2-8-3-4-9-10(6-8)18-11(7-12(16)19)13(9)14(17)20/h1-4,6,18H,7H2,(H2,16,19)(H2,17,20)/b2-1+. The number of hydrogen-bond acceptors (Lipinski definition) is 3. The van der Waals surface area contributed by atoms with E-state index in [2.05, 4.69) is 4.98 Å². The Morgan fingerprint density at radius 1 is 1.35 bits per heavy atom. The fraction of sp³-hybridized carbons (Fsp3) is 0.0714. The first-order valence-electron chi connectivity index (χ1n) is 5.82. The van der Waals surface area contributed by atoms with Gasteiger partial charge in [-0.3, -0.25) is 9.59 Å². The molecule has 0 saturated carbocycles. The molecule has 0 fully saturated rings. The molecule has 6 heteroatoms. The van der Waals surface area contributed by atoms with Crippen molar-refractivity contribution in [2.45, 2.75) is 6.42 Å². The molecule has 6 nitrogen and oxygen atoms in total. The fourth-order valence-corrected chi connectivity index (χ4v) is 2.10. The van der Waals surface area contributed by atoms with E-state index >= 15 is 0 Å². The molecule has 100 valence electrons. The number of hydrogen-bond donors (Lipinski definition) is 3. The second kappa shape index (κ2) is 5.28. The normalized spacial score (nSPS) is 10.8. The topological polar surface area (TPSA) is 126 Å². The molecular weight excluding hydrogens is 256 g/mol. The minimum Gasteiger partial charge on any atom is -0.369 e. The highest BCUT2D eigenvalue weighted by molar-refractivity contribution is 6.08. The van der Waals surface area contributed by atoms with Gasteiger partial charge in [0.2, 0.25) is 5.91 Å². The predicted octanol–water partition coefficient (Wildman–Crippen LogP) is 0.831. The number of carbonyl (C=O) groups is 2. The summed E-state index contributed by atoms with van der Waals surface area (Å²) in [5.74, 6) is -1.17. The molecule has 2 amide bonds. The van der Waals surface area contributed by atoms with Crippen LogP contribution in [-0.4, -0.2) is 16.8 Å². The van der Waals surface area contributed by atoms with Gasteiger partial charge in [0.1, 0.15) is 0 Å². The SMILES string of the molecule is N#C/C=C/c1ccc2c(C(N)=O)c(CC(N)=O)[nH]c2c1. The Morgan fingerprint density at radius 3 is 2.70 bits per heavy atom. The molecule has 0 aliphatic carbocycles. The van der Waals surface area contributed by atoms with Gasteiger partial charge in [-0.2, -0.15) is 5.26 Å². The highest BCUT2D eigenvalue weighted by atomic mass is 16.1. The van der Waals surface area contributed by atoms with Crippen LogP contribution < -0.4 is 11.5 Å². The molecule has 5 N–H and O–H groups in total. The molecule has 2 rings (SSSR count). The highest BCUT2D eigenvalue weighted by Crippen LogP contribution is 2.24. The van der Waals surface area contributed by atoms with Crippen LogP contribution in [0.4, 0.5) is 0 Å². The van der Waals surface area contributed by atoms with Gasteiger partial charge in [0.05, 0.1) is 18.1 Å². The summed E-state index contributed by atoms with van der Waals surface area (Å²) >= 11 is 0. The molecule has 0 aliphatic rings. The lowest BCUT2D eigenvalue weighted by atomic mass is 10.1. The summed E-state index contributed by atoms with van der Waals surface area (Å²) in [7, 11) is 0. The van der Waals surface area contributed by atoms with Gasteiger partial charge in [0.15, 0.2) is 0 Å². The van der Waals surface area contributed by atoms with Gasteiger partial charge in [-0.15, -0.1) is 0 Å². The van der Waals surface area contributed by atoms with Crippen molar-refractivity contribution in [1.82, 2.24) is 4.98 Å². The van der Waals surface area contributed by atoms with Crippen molar-refractivity contribution in [3.05, 3.63) is 41.1 Å². The smallest absolute Gasteiger partial charge is 0.251 e. The number of H-pyrrole nitrogens is 1. The zero-order valence-electron chi connectivity index (χ0n) is 10.5. The lowest BCUT2D eigenvalue weighted by molar-refractivity contribution is -0.117. The minimum absolute atomic E-state index is 0.0870. The number of fused-ring (bicyclic) bond motifs is 1. The van der Waals surface area contributed by atoms with E-state index in [4.69, 9.17) is 16.7 Å². The van der Waals surface area contributed by atoms with Crippen molar-refractivity contribution in [2.24, 2.45) is 11.5 Å². The summed E-state index contributed by atoms with van der Waals surface area (Å²) in [4.78, 5) is 25.5. The average molecular weight is 268 g/mol. The monoisotopic (exact) mass is 268 g/mol. The van der Waals surface area contributed by atoms with Gasteiger partial charge < -0.3 is 16.5 Å². The Kier molecular flexibility index (Phi) is 3.53. The largest absolute Gasteiger partial charge is 0.369 e. The molecule has 0 unspecified atom stereocenters. The van der Waals surface area contributed by atoms with E-state index in [1.807, 2.05) is 6.07 Å². The van der Waals surface area contributed by atoms with E-state index in [1.165, 1.54) is 6.08 Å². The van der Waals surface area contributed by atoms with Crippen LogP contribution in [-0.2, 0) is 11.2 Å². The van der Waals surface area contributed by atoms with E-state index in [-0.39, 0.29) is 12.0 Å². The van der Waals surface area contributed by atoms with Gasteiger partial charge in [-0.05, 0) is 17.7 Å². The molecule has 0 atom stereocenters. The van der Waals surface area contributed by atoms with Crippen molar-refractivity contribution >= 4 is 28.8 Å². The maximum absolute atomic E-state index is 11.5. The summed E-state index contributed by atoms with van der Waals surface area (Å²) in [5.41, 5.74) is 12.6. The van der Waals surface area contributed by atoms with Crippen LogP contribution in [0.5, 0.6) is 0 Å². The highest BCUT2D eigenvalue weighted by Gasteiger charge is 2.17. The van der Waals surface area contributed by atoms with Gasteiger partial charge in [0, 0.05) is 22.7 Å². The molecule has 0 spiro atoms. The quantitative estimate of drug-likeness (QED) is 0.711. The van der Waals surface area contributed by atoms with E-state index < -0.39 is 11.8 Å². The Balaban J connectivity index is 2.61. The van der Waals surface area contributed by atoms with E-state index in [1.54, 1.807) is 24.3 Å². The Labute approximate surface area is 114 Å². The van der Waals surface area contributed by atoms with Crippen molar-refractivity contribution < 1.29 is 9.59 Å². The number of primary amides is 2. The third-order valence-electron chi connectivity index (χ3n) is 2.85. The molecule has 1 heterocycles. The van der Waals surface area contributed by atoms with Crippen LogP contribution >= 0.6 is 0 Å². The second-order valence-corrected chi connectivity index (χ2v) is 4.25. The summed E-state index contributed by atoms with van der Waals surface area (Å²) in [5, 5.41) is 9.13. The van der Waals surface area contributed by atoms with Gasteiger partial charge in [-0.25, -0.2) is 0 Å². The summed E-state index contributed by atoms with van der Waals surface area (Å²) in [6, 6.07) is 7.13. The molecule has 0 radical (unpaired) electrons. The van der Waals surface area contributed by atoms with Crippen molar-refractivity contribution in [3.8, 4) is 6.07 Å². The molecule has 2 aromatic rings. The zero-order chi connectivity index (χ0) is 14.7. The number of allylic oxidation sites excluding steroid dienone is 1. The zero-order valence-corrected chi connectivity index (χ0v) is 10.5. The Bertz CT molecular complexity index is 765. The molecule has 0 saturated heterocycles. The van der Waals surface area contributed by atoms with Crippen molar-refractivity contribution in [2.75, 3.05) is 0 Å². The number of rotatable bonds is 4.